The molecular weight excluding hydrogens is 246 g/mol. The quantitative estimate of drug-likeness (QED) is 0.882. The molecule has 2 nitrogen and oxygen atoms in total. The van der Waals surface area contributed by atoms with Gasteiger partial charge in [-0.05, 0) is 50.6 Å². The Labute approximate surface area is 112 Å². The molecule has 0 spiro atoms. The molecule has 1 N–H and O–H groups in total. The first-order valence-electron chi connectivity index (χ1n) is 6.47. The zero-order valence-electron chi connectivity index (χ0n) is 10.8. The highest BCUT2D eigenvalue weighted by molar-refractivity contribution is 6.31. The molecule has 2 atom stereocenters. The molecule has 2 unspecified atom stereocenters. The fraction of sp³-hybridized carbons (Fsp3) is 0.467. The Morgan fingerprint density at radius 1 is 1.39 bits per heavy atom. The molecule has 2 aromatic rings. The van der Waals surface area contributed by atoms with Crippen LogP contribution in [0.4, 0.5) is 0 Å². The molecule has 96 valence electrons. The second-order valence-corrected chi connectivity index (χ2v) is 6.02. The van der Waals surface area contributed by atoms with Crippen LogP contribution in [0.5, 0.6) is 0 Å². The van der Waals surface area contributed by atoms with E-state index < -0.39 is 0 Å². The van der Waals surface area contributed by atoms with Gasteiger partial charge in [0.2, 0.25) is 0 Å². The fourth-order valence-electron chi connectivity index (χ4n) is 3.02. The maximum Gasteiger partial charge on any atom is 0.134 e. The second-order valence-electron chi connectivity index (χ2n) is 5.58. The summed E-state index contributed by atoms with van der Waals surface area (Å²) >= 11 is 6.02. The Hall–Kier alpha value is -0.990. The van der Waals surface area contributed by atoms with Crippen LogP contribution in [-0.4, -0.2) is 13.1 Å². The van der Waals surface area contributed by atoms with E-state index in [0.717, 1.165) is 28.2 Å². The van der Waals surface area contributed by atoms with Crippen LogP contribution in [0.15, 0.2) is 28.7 Å². The highest BCUT2D eigenvalue weighted by Gasteiger charge is 2.38. The Balaban J connectivity index is 1.99. The van der Waals surface area contributed by atoms with Crippen LogP contribution in [-0.2, 0) is 5.41 Å². The van der Waals surface area contributed by atoms with Crippen molar-refractivity contribution in [2.75, 3.05) is 7.05 Å². The van der Waals surface area contributed by atoms with Gasteiger partial charge in [0.05, 0.1) is 0 Å². The molecule has 3 rings (SSSR count). The van der Waals surface area contributed by atoms with Gasteiger partial charge >= 0.3 is 0 Å². The molecule has 0 amide bonds. The number of halogens is 1. The largest absolute Gasteiger partial charge is 0.460 e. The third kappa shape index (κ3) is 1.94. The van der Waals surface area contributed by atoms with Gasteiger partial charge in [-0.3, -0.25) is 0 Å². The van der Waals surface area contributed by atoms with E-state index in [1.54, 1.807) is 0 Å². The molecule has 0 radical (unpaired) electrons. The first-order chi connectivity index (χ1) is 8.60. The number of furan rings is 1. The lowest BCUT2D eigenvalue weighted by Gasteiger charge is -2.21. The molecule has 1 aliphatic rings. The summed E-state index contributed by atoms with van der Waals surface area (Å²) in [6.45, 7) is 2.30. The summed E-state index contributed by atoms with van der Waals surface area (Å²) in [5.74, 6) is 1.09. The second kappa shape index (κ2) is 4.29. The van der Waals surface area contributed by atoms with Gasteiger partial charge in [0, 0.05) is 21.9 Å². The van der Waals surface area contributed by atoms with E-state index in [4.69, 9.17) is 16.0 Å². The van der Waals surface area contributed by atoms with Crippen molar-refractivity contribution in [1.29, 1.82) is 0 Å². The van der Waals surface area contributed by atoms with E-state index in [9.17, 15) is 0 Å². The number of hydrogen-bond donors (Lipinski definition) is 1. The average Bonchev–Trinajstić information content (AvgIpc) is 2.93. The Bertz CT molecular complexity index is 577. The summed E-state index contributed by atoms with van der Waals surface area (Å²) < 4.78 is 6.02. The van der Waals surface area contributed by atoms with Gasteiger partial charge in [-0.1, -0.05) is 18.5 Å². The summed E-state index contributed by atoms with van der Waals surface area (Å²) in [6.07, 6.45) is 3.52. The van der Waals surface area contributed by atoms with Crippen molar-refractivity contribution in [2.24, 2.45) is 0 Å². The smallest absolute Gasteiger partial charge is 0.134 e. The van der Waals surface area contributed by atoms with Gasteiger partial charge < -0.3 is 9.73 Å². The Morgan fingerprint density at radius 2 is 2.22 bits per heavy atom. The molecule has 1 heterocycles. The maximum absolute atomic E-state index is 6.02. The molecule has 1 aliphatic carbocycles. The van der Waals surface area contributed by atoms with Gasteiger partial charge in [-0.25, -0.2) is 0 Å². The molecule has 0 bridgehead atoms. The minimum absolute atomic E-state index is 0.152. The molecule has 1 aromatic heterocycles. The van der Waals surface area contributed by atoms with Gasteiger partial charge in [0.25, 0.3) is 0 Å². The zero-order chi connectivity index (χ0) is 12.8. The van der Waals surface area contributed by atoms with Crippen LogP contribution in [0.3, 0.4) is 0 Å². The van der Waals surface area contributed by atoms with Crippen LogP contribution < -0.4 is 5.32 Å². The number of hydrogen-bond acceptors (Lipinski definition) is 2. The molecule has 1 aromatic carbocycles. The lowest BCUT2D eigenvalue weighted by Crippen LogP contribution is -2.25. The van der Waals surface area contributed by atoms with Crippen LogP contribution in [0.2, 0.25) is 5.02 Å². The topological polar surface area (TPSA) is 25.2 Å². The molecule has 3 heteroatoms. The summed E-state index contributed by atoms with van der Waals surface area (Å²) in [4.78, 5) is 0. The maximum atomic E-state index is 6.02. The van der Waals surface area contributed by atoms with E-state index in [2.05, 4.69) is 18.3 Å². The summed E-state index contributed by atoms with van der Waals surface area (Å²) in [5.41, 5.74) is 1.09. The van der Waals surface area contributed by atoms with Gasteiger partial charge in [-0.15, -0.1) is 0 Å². The highest BCUT2D eigenvalue weighted by atomic mass is 35.5. The third-order valence-corrected chi connectivity index (χ3v) is 4.46. The summed E-state index contributed by atoms with van der Waals surface area (Å²) in [7, 11) is 2.04. The fourth-order valence-corrected chi connectivity index (χ4v) is 3.20. The number of nitrogens with one attached hydrogen (secondary N) is 1. The molecule has 0 aliphatic heterocycles. The lowest BCUT2D eigenvalue weighted by molar-refractivity contribution is 0.372. The average molecular weight is 264 g/mol. The molecule has 1 fully saturated rings. The number of fused-ring (bicyclic) bond motifs is 1. The zero-order valence-corrected chi connectivity index (χ0v) is 11.6. The highest BCUT2D eigenvalue weighted by Crippen LogP contribution is 2.42. The van der Waals surface area contributed by atoms with Crippen LogP contribution in [0, 0.1) is 0 Å². The van der Waals surface area contributed by atoms with E-state index in [1.165, 1.54) is 12.8 Å². The van der Waals surface area contributed by atoms with Crippen molar-refractivity contribution in [3.05, 3.63) is 35.0 Å². The number of rotatable bonds is 2. The van der Waals surface area contributed by atoms with Crippen LogP contribution in [0.25, 0.3) is 11.0 Å². The predicted octanol–water partition coefficient (Wildman–Crippen LogP) is 4.12. The van der Waals surface area contributed by atoms with E-state index in [0.29, 0.717) is 6.04 Å². The normalized spacial score (nSPS) is 28.1. The standard InChI is InChI=1S/C15H18ClNO/c1-15(6-5-12(9-15)17-2)14-8-10-7-11(16)3-4-13(10)18-14/h3-4,7-8,12,17H,5-6,9H2,1-2H3. The number of benzene rings is 1. The molecule has 18 heavy (non-hydrogen) atoms. The Kier molecular flexibility index (Phi) is 2.87. The molecule has 0 saturated heterocycles. The minimum atomic E-state index is 0.152. The van der Waals surface area contributed by atoms with E-state index >= 15 is 0 Å². The predicted molar refractivity (Wildman–Crippen MR) is 75.3 cm³/mol. The SMILES string of the molecule is CNC1CCC(C)(c2cc3cc(Cl)ccc3o2)C1. The molecular formula is C15H18ClNO. The van der Waals surface area contributed by atoms with Gasteiger partial charge in [-0.2, -0.15) is 0 Å². The monoisotopic (exact) mass is 263 g/mol. The van der Waals surface area contributed by atoms with Gasteiger partial charge in [0.15, 0.2) is 0 Å². The first kappa shape index (κ1) is 12.1. The first-order valence-corrected chi connectivity index (χ1v) is 6.85. The summed E-state index contributed by atoms with van der Waals surface area (Å²) in [6, 6.07) is 8.56. The van der Waals surface area contributed by atoms with Crippen LogP contribution in [0.1, 0.15) is 31.9 Å². The van der Waals surface area contributed by atoms with Gasteiger partial charge in [0.1, 0.15) is 11.3 Å². The van der Waals surface area contributed by atoms with Crippen molar-refractivity contribution in [1.82, 2.24) is 5.32 Å². The van der Waals surface area contributed by atoms with Crippen LogP contribution >= 0.6 is 11.6 Å². The van der Waals surface area contributed by atoms with E-state index in [-0.39, 0.29) is 5.41 Å². The van der Waals surface area contributed by atoms with E-state index in [1.807, 2.05) is 25.2 Å². The molecule has 1 saturated carbocycles. The third-order valence-electron chi connectivity index (χ3n) is 4.22. The Morgan fingerprint density at radius 3 is 2.94 bits per heavy atom. The van der Waals surface area contributed by atoms with Crippen molar-refractivity contribution >= 4 is 22.6 Å². The van der Waals surface area contributed by atoms with Crippen molar-refractivity contribution in [3.63, 3.8) is 0 Å². The van der Waals surface area contributed by atoms with Crippen molar-refractivity contribution in [3.8, 4) is 0 Å². The van der Waals surface area contributed by atoms with Crippen molar-refractivity contribution < 1.29 is 4.42 Å². The minimum Gasteiger partial charge on any atom is -0.460 e. The lowest BCUT2D eigenvalue weighted by atomic mass is 9.85. The summed E-state index contributed by atoms with van der Waals surface area (Å²) in [5, 5.41) is 5.24. The van der Waals surface area contributed by atoms with Crippen molar-refractivity contribution in [2.45, 2.75) is 37.6 Å².